The van der Waals surface area contributed by atoms with E-state index < -0.39 is 0 Å². The number of nitrogens with zero attached hydrogens (tertiary/aromatic N) is 2. The van der Waals surface area contributed by atoms with Crippen LogP contribution in [0.3, 0.4) is 0 Å². The maximum Gasteiger partial charge on any atom is 0.267 e. The zero-order valence-electron chi connectivity index (χ0n) is 10.5. The van der Waals surface area contributed by atoms with E-state index in [1.54, 1.807) is 6.07 Å². The molecule has 1 aliphatic carbocycles. The quantitative estimate of drug-likeness (QED) is 0.782. The summed E-state index contributed by atoms with van der Waals surface area (Å²) in [7, 11) is 0. The van der Waals surface area contributed by atoms with E-state index in [4.69, 9.17) is 0 Å². The Labute approximate surface area is 110 Å². The number of benzene rings is 1. The molecule has 0 unspecified atom stereocenters. The number of rotatable bonds is 3. The molecule has 2 aromatic rings. The molecule has 1 aromatic heterocycles. The topological polar surface area (TPSA) is 52.0 Å². The van der Waals surface area contributed by atoms with Gasteiger partial charge in [-0.05, 0) is 42.5 Å². The van der Waals surface area contributed by atoms with Crippen LogP contribution in [0.15, 0.2) is 41.3 Å². The number of aryl methyl sites for hydroxylation is 2. The maximum atomic E-state index is 12.2. The zero-order valence-corrected chi connectivity index (χ0v) is 10.5. The number of carbonyl (C=O) groups is 1. The van der Waals surface area contributed by atoms with Gasteiger partial charge in [-0.25, -0.2) is 4.68 Å². The van der Waals surface area contributed by atoms with Crippen LogP contribution in [0.2, 0.25) is 0 Å². The van der Waals surface area contributed by atoms with E-state index in [-0.39, 0.29) is 17.9 Å². The van der Waals surface area contributed by atoms with Gasteiger partial charge in [-0.2, -0.15) is 5.10 Å². The van der Waals surface area contributed by atoms with Crippen LogP contribution in [0.5, 0.6) is 0 Å². The summed E-state index contributed by atoms with van der Waals surface area (Å²) >= 11 is 0. The molecule has 0 aliphatic heterocycles. The molecule has 0 atom stereocenters. The summed E-state index contributed by atoms with van der Waals surface area (Å²) in [4.78, 5) is 23.7. The van der Waals surface area contributed by atoms with Crippen molar-refractivity contribution < 1.29 is 4.79 Å². The number of fused-ring (bicyclic) bond motifs is 1. The lowest BCUT2D eigenvalue weighted by Gasteiger charge is -2.05. The summed E-state index contributed by atoms with van der Waals surface area (Å²) < 4.78 is 1.19. The Bertz CT molecular complexity index is 689. The smallest absolute Gasteiger partial charge is 0.267 e. The van der Waals surface area contributed by atoms with Crippen LogP contribution in [-0.2, 0) is 19.4 Å². The Hall–Kier alpha value is -2.23. The number of hydrogen-bond acceptors (Lipinski definition) is 3. The van der Waals surface area contributed by atoms with Crippen molar-refractivity contribution in [1.82, 2.24) is 9.78 Å². The monoisotopic (exact) mass is 254 g/mol. The molecule has 1 heterocycles. The fourth-order valence-electron chi connectivity index (χ4n) is 2.48. The van der Waals surface area contributed by atoms with Crippen molar-refractivity contribution in [2.45, 2.75) is 25.8 Å². The Morgan fingerprint density at radius 3 is 2.89 bits per heavy atom. The molecular weight excluding hydrogens is 240 g/mol. The molecule has 4 heteroatoms. The first-order valence-electron chi connectivity index (χ1n) is 6.41. The van der Waals surface area contributed by atoms with Crippen molar-refractivity contribution >= 4 is 5.78 Å². The van der Waals surface area contributed by atoms with E-state index in [2.05, 4.69) is 5.10 Å². The predicted molar refractivity (Wildman–Crippen MR) is 71.3 cm³/mol. The van der Waals surface area contributed by atoms with E-state index in [1.807, 2.05) is 18.2 Å². The number of carbonyl (C=O) groups excluding carboxylic acids is 1. The van der Waals surface area contributed by atoms with Gasteiger partial charge in [0.2, 0.25) is 0 Å². The summed E-state index contributed by atoms with van der Waals surface area (Å²) in [6, 6.07) is 8.80. The van der Waals surface area contributed by atoms with Gasteiger partial charge in [-0.1, -0.05) is 12.1 Å². The van der Waals surface area contributed by atoms with E-state index in [9.17, 15) is 9.59 Å². The first kappa shape index (κ1) is 11.8. The van der Waals surface area contributed by atoms with Crippen LogP contribution in [0.4, 0.5) is 0 Å². The van der Waals surface area contributed by atoms with Crippen molar-refractivity contribution in [3.8, 4) is 0 Å². The normalized spacial score (nSPS) is 13.3. The van der Waals surface area contributed by atoms with Gasteiger partial charge in [0, 0.05) is 17.8 Å². The van der Waals surface area contributed by atoms with Gasteiger partial charge in [-0.15, -0.1) is 0 Å². The van der Waals surface area contributed by atoms with Crippen molar-refractivity contribution in [2.24, 2.45) is 0 Å². The number of Topliss-reactive ketones (excluding diaryl/α,β-unsaturated/α-hetero) is 1. The molecule has 4 nitrogen and oxygen atoms in total. The SMILES string of the molecule is O=C(Cn1ncccc1=O)c1ccc2c(c1)CCC2. The molecular formula is C15H14N2O2. The first-order valence-corrected chi connectivity index (χ1v) is 6.41. The average Bonchev–Trinajstić information content (AvgIpc) is 2.88. The molecule has 1 aliphatic rings. The third-order valence-electron chi connectivity index (χ3n) is 3.50. The van der Waals surface area contributed by atoms with E-state index in [0.717, 1.165) is 19.3 Å². The second-order valence-corrected chi connectivity index (χ2v) is 4.78. The summed E-state index contributed by atoms with van der Waals surface area (Å²) in [5.41, 5.74) is 3.01. The molecule has 0 radical (unpaired) electrons. The molecule has 0 spiro atoms. The second kappa shape index (κ2) is 4.80. The molecule has 19 heavy (non-hydrogen) atoms. The third kappa shape index (κ3) is 2.34. The highest BCUT2D eigenvalue weighted by atomic mass is 16.1. The van der Waals surface area contributed by atoms with Crippen molar-refractivity contribution in [3.63, 3.8) is 0 Å². The highest BCUT2D eigenvalue weighted by Crippen LogP contribution is 2.23. The maximum absolute atomic E-state index is 12.2. The van der Waals surface area contributed by atoms with Gasteiger partial charge in [0.25, 0.3) is 5.56 Å². The molecule has 96 valence electrons. The van der Waals surface area contributed by atoms with E-state index >= 15 is 0 Å². The lowest BCUT2D eigenvalue weighted by Crippen LogP contribution is -2.25. The molecule has 0 N–H and O–H groups in total. The highest BCUT2D eigenvalue weighted by molar-refractivity contribution is 5.96. The molecule has 0 fully saturated rings. The van der Waals surface area contributed by atoms with Crippen LogP contribution in [-0.4, -0.2) is 15.6 Å². The van der Waals surface area contributed by atoms with Crippen LogP contribution in [0, 0.1) is 0 Å². The Kier molecular flexibility index (Phi) is 2.99. The third-order valence-corrected chi connectivity index (χ3v) is 3.50. The predicted octanol–water partition coefficient (Wildman–Crippen LogP) is 1.61. The average molecular weight is 254 g/mol. The summed E-state index contributed by atoms with van der Waals surface area (Å²) in [5.74, 6) is -0.0736. The van der Waals surface area contributed by atoms with Crippen LogP contribution in [0.1, 0.15) is 27.9 Å². The molecule has 0 amide bonds. The van der Waals surface area contributed by atoms with Crippen LogP contribution < -0.4 is 5.56 Å². The summed E-state index contributed by atoms with van der Waals surface area (Å²) in [6.45, 7) is -0.00153. The van der Waals surface area contributed by atoms with Gasteiger partial charge in [-0.3, -0.25) is 9.59 Å². The van der Waals surface area contributed by atoms with Crippen LogP contribution in [0.25, 0.3) is 0 Å². The standard InChI is InChI=1S/C15H14N2O2/c18-14(10-17-15(19)5-2-8-16-17)13-7-6-11-3-1-4-12(11)9-13/h2,5-9H,1,3-4,10H2. The van der Waals surface area contributed by atoms with Gasteiger partial charge in [0.05, 0.1) is 0 Å². The number of ketones is 1. The second-order valence-electron chi connectivity index (χ2n) is 4.78. The van der Waals surface area contributed by atoms with Crippen LogP contribution >= 0.6 is 0 Å². The first-order chi connectivity index (χ1) is 9.24. The fraction of sp³-hybridized carbons (Fsp3) is 0.267. The van der Waals surface area contributed by atoms with Gasteiger partial charge >= 0.3 is 0 Å². The minimum atomic E-state index is -0.253. The number of hydrogen-bond donors (Lipinski definition) is 0. The van der Waals surface area contributed by atoms with Gasteiger partial charge in [0.1, 0.15) is 6.54 Å². The molecule has 0 saturated carbocycles. The molecule has 3 rings (SSSR count). The Morgan fingerprint density at radius 1 is 1.21 bits per heavy atom. The number of aromatic nitrogens is 2. The Balaban J connectivity index is 1.85. The molecule has 0 saturated heterocycles. The van der Waals surface area contributed by atoms with Gasteiger partial charge in [0.15, 0.2) is 5.78 Å². The summed E-state index contributed by atoms with van der Waals surface area (Å²) in [6.07, 6.45) is 4.81. The highest BCUT2D eigenvalue weighted by Gasteiger charge is 2.14. The van der Waals surface area contributed by atoms with Crippen molar-refractivity contribution in [2.75, 3.05) is 0 Å². The largest absolute Gasteiger partial charge is 0.292 e. The van der Waals surface area contributed by atoms with Crippen molar-refractivity contribution in [1.29, 1.82) is 0 Å². The molecule has 1 aromatic carbocycles. The molecule has 0 bridgehead atoms. The van der Waals surface area contributed by atoms with Crippen molar-refractivity contribution in [3.05, 3.63) is 63.6 Å². The van der Waals surface area contributed by atoms with E-state index in [1.165, 1.54) is 28.1 Å². The lowest BCUT2D eigenvalue weighted by molar-refractivity contribution is 0.0965. The fourth-order valence-corrected chi connectivity index (χ4v) is 2.48. The van der Waals surface area contributed by atoms with Gasteiger partial charge < -0.3 is 0 Å². The zero-order chi connectivity index (χ0) is 13.2. The van der Waals surface area contributed by atoms with E-state index in [0.29, 0.717) is 5.56 Å². The minimum absolute atomic E-state index is 0.00153. The summed E-state index contributed by atoms with van der Waals surface area (Å²) in [5, 5.41) is 3.90. The lowest BCUT2D eigenvalue weighted by atomic mass is 10.0. The Morgan fingerprint density at radius 2 is 2.05 bits per heavy atom. The minimum Gasteiger partial charge on any atom is -0.292 e.